The lowest BCUT2D eigenvalue weighted by Gasteiger charge is -2.23. The van der Waals surface area contributed by atoms with Crippen molar-refractivity contribution in [3.8, 4) is 11.5 Å². The Kier molecular flexibility index (Phi) is 5.33. The van der Waals surface area contributed by atoms with Crippen LogP contribution in [0.15, 0.2) is 18.2 Å². The van der Waals surface area contributed by atoms with Crippen molar-refractivity contribution in [2.24, 2.45) is 5.92 Å². The highest BCUT2D eigenvalue weighted by Gasteiger charge is 2.13. The molecule has 1 heterocycles. The van der Waals surface area contributed by atoms with Gasteiger partial charge in [0.1, 0.15) is 0 Å². The minimum atomic E-state index is 0.651. The van der Waals surface area contributed by atoms with E-state index in [9.17, 15) is 0 Å². The van der Waals surface area contributed by atoms with Gasteiger partial charge in [0.25, 0.3) is 0 Å². The number of nitrogens with one attached hydrogen (secondary N) is 2. The molecule has 2 N–H and O–H groups in total. The molecule has 1 aromatic carbocycles. The van der Waals surface area contributed by atoms with E-state index in [-0.39, 0.29) is 0 Å². The molecular weight excluding hydrogens is 240 g/mol. The highest BCUT2D eigenvalue weighted by molar-refractivity contribution is 5.54. The van der Waals surface area contributed by atoms with Crippen molar-refractivity contribution in [3.05, 3.63) is 18.2 Å². The predicted octanol–water partition coefficient (Wildman–Crippen LogP) is 2.51. The maximum Gasteiger partial charge on any atom is 0.162 e. The van der Waals surface area contributed by atoms with Crippen LogP contribution >= 0.6 is 0 Å². The molecule has 0 atom stereocenters. The molecule has 1 saturated heterocycles. The van der Waals surface area contributed by atoms with Gasteiger partial charge in [-0.3, -0.25) is 0 Å². The van der Waals surface area contributed by atoms with Crippen molar-refractivity contribution in [1.29, 1.82) is 0 Å². The van der Waals surface area contributed by atoms with Gasteiger partial charge in [0, 0.05) is 18.3 Å². The van der Waals surface area contributed by atoms with Crippen molar-refractivity contribution < 1.29 is 9.47 Å². The van der Waals surface area contributed by atoms with Crippen LogP contribution in [0.25, 0.3) is 0 Å². The molecule has 4 heteroatoms. The Morgan fingerprint density at radius 3 is 2.74 bits per heavy atom. The first kappa shape index (κ1) is 14.0. The van der Waals surface area contributed by atoms with E-state index in [1.807, 2.05) is 19.1 Å². The summed E-state index contributed by atoms with van der Waals surface area (Å²) in [7, 11) is 1.68. The van der Waals surface area contributed by atoms with E-state index in [4.69, 9.17) is 9.47 Å². The fourth-order valence-corrected chi connectivity index (χ4v) is 2.40. The van der Waals surface area contributed by atoms with Gasteiger partial charge in [-0.05, 0) is 50.9 Å². The van der Waals surface area contributed by atoms with Crippen LogP contribution in [0.1, 0.15) is 19.8 Å². The lowest BCUT2D eigenvalue weighted by atomic mass is 9.98. The van der Waals surface area contributed by atoms with Crippen LogP contribution in [0.2, 0.25) is 0 Å². The number of methoxy groups -OCH3 is 1. The van der Waals surface area contributed by atoms with Crippen LogP contribution in [-0.4, -0.2) is 33.4 Å². The first-order chi connectivity index (χ1) is 9.33. The number of benzene rings is 1. The van der Waals surface area contributed by atoms with E-state index < -0.39 is 0 Å². The van der Waals surface area contributed by atoms with Gasteiger partial charge in [0.05, 0.1) is 13.7 Å². The molecule has 1 aliphatic heterocycles. The number of rotatable bonds is 6. The van der Waals surface area contributed by atoms with Gasteiger partial charge in [-0.25, -0.2) is 0 Å². The highest BCUT2D eigenvalue weighted by Crippen LogP contribution is 2.30. The zero-order valence-electron chi connectivity index (χ0n) is 11.9. The molecule has 1 aromatic rings. The van der Waals surface area contributed by atoms with Gasteiger partial charge in [0.15, 0.2) is 11.5 Å². The Labute approximate surface area is 115 Å². The molecule has 0 aliphatic carbocycles. The zero-order valence-corrected chi connectivity index (χ0v) is 11.9. The van der Waals surface area contributed by atoms with Crippen LogP contribution in [0.4, 0.5) is 5.69 Å². The van der Waals surface area contributed by atoms with E-state index in [1.54, 1.807) is 7.11 Å². The molecule has 0 bridgehead atoms. The lowest BCUT2D eigenvalue weighted by Crippen LogP contribution is -2.31. The predicted molar refractivity (Wildman–Crippen MR) is 78.2 cm³/mol. The van der Waals surface area contributed by atoms with Gasteiger partial charge in [-0.2, -0.15) is 0 Å². The summed E-state index contributed by atoms with van der Waals surface area (Å²) in [5.74, 6) is 2.35. The molecule has 0 amide bonds. The van der Waals surface area contributed by atoms with Gasteiger partial charge in [-0.15, -0.1) is 0 Å². The molecule has 2 rings (SSSR count). The standard InChI is InChI=1S/C15H24N2O2/c1-3-19-14-5-4-13(10-15(14)18-2)17-11-12-6-8-16-9-7-12/h4-5,10,12,16-17H,3,6-9,11H2,1-2H3. The molecule has 1 fully saturated rings. The number of hydrogen-bond acceptors (Lipinski definition) is 4. The summed E-state index contributed by atoms with van der Waals surface area (Å²) in [4.78, 5) is 0. The maximum absolute atomic E-state index is 5.52. The summed E-state index contributed by atoms with van der Waals surface area (Å²) < 4.78 is 10.9. The van der Waals surface area contributed by atoms with E-state index in [2.05, 4.69) is 16.7 Å². The summed E-state index contributed by atoms with van der Waals surface area (Å²) in [5, 5.41) is 6.88. The minimum Gasteiger partial charge on any atom is -0.493 e. The Morgan fingerprint density at radius 2 is 2.05 bits per heavy atom. The molecule has 0 radical (unpaired) electrons. The Hall–Kier alpha value is -1.42. The summed E-state index contributed by atoms with van der Waals surface area (Å²) in [6, 6.07) is 6.02. The average molecular weight is 264 g/mol. The first-order valence-corrected chi connectivity index (χ1v) is 7.09. The van der Waals surface area contributed by atoms with Crippen LogP contribution in [-0.2, 0) is 0 Å². The summed E-state index contributed by atoms with van der Waals surface area (Å²) in [6.45, 7) is 5.93. The molecular formula is C15H24N2O2. The van der Waals surface area contributed by atoms with E-state index in [0.29, 0.717) is 6.61 Å². The fourth-order valence-electron chi connectivity index (χ4n) is 2.40. The second-order valence-electron chi connectivity index (χ2n) is 4.87. The maximum atomic E-state index is 5.52. The topological polar surface area (TPSA) is 42.5 Å². The molecule has 0 unspecified atom stereocenters. The van der Waals surface area contributed by atoms with Crippen molar-refractivity contribution in [3.63, 3.8) is 0 Å². The SMILES string of the molecule is CCOc1ccc(NCC2CCNCC2)cc1OC. The summed E-state index contributed by atoms with van der Waals surface area (Å²) in [6.07, 6.45) is 2.50. The zero-order chi connectivity index (χ0) is 13.5. The molecule has 106 valence electrons. The second-order valence-corrected chi connectivity index (χ2v) is 4.87. The van der Waals surface area contributed by atoms with Gasteiger partial charge in [-0.1, -0.05) is 0 Å². The normalized spacial score (nSPS) is 16.1. The Morgan fingerprint density at radius 1 is 1.26 bits per heavy atom. The van der Waals surface area contributed by atoms with Crippen molar-refractivity contribution >= 4 is 5.69 Å². The molecule has 0 saturated carbocycles. The van der Waals surface area contributed by atoms with Crippen LogP contribution < -0.4 is 20.1 Å². The van der Waals surface area contributed by atoms with Crippen molar-refractivity contribution in [1.82, 2.24) is 5.32 Å². The van der Waals surface area contributed by atoms with Crippen LogP contribution in [0, 0.1) is 5.92 Å². The van der Waals surface area contributed by atoms with Gasteiger partial charge < -0.3 is 20.1 Å². The summed E-state index contributed by atoms with van der Waals surface area (Å²) >= 11 is 0. The molecule has 4 nitrogen and oxygen atoms in total. The molecule has 19 heavy (non-hydrogen) atoms. The average Bonchev–Trinajstić information content (AvgIpc) is 2.47. The number of hydrogen-bond donors (Lipinski definition) is 2. The third kappa shape index (κ3) is 4.03. The molecule has 1 aliphatic rings. The van der Waals surface area contributed by atoms with Gasteiger partial charge in [0.2, 0.25) is 0 Å². The van der Waals surface area contributed by atoms with Crippen LogP contribution in [0.5, 0.6) is 11.5 Å². The summed E-state index contributed by atoms with van der Waals surface area (Å²) in [5.41, 5.74) is 1.10. The molecule has 0 aromatic heterocycles. The van der Waals surface area contributed by atoms with E-state index in [1.165, 1.54) is 12.8 Å². The first-order valence-electron chi connectivity index (χ1n) is 7.09. The van der Waals surface area contributed by atoms with Gasteiger partial charge >= 0.3 is 0 Å². The quantitative estimate of drug-likeness (QED) is 0.828. The number of ether oxygens (including phenoxy) is 2. The largest absolute Gasteiger partial charge is 0.493 e. The fraction of sp³-hybridized carbons (Fsp3) is 0.600. The van der Waals surface area contributed by atoms with E-state index >= 15 is 0 Å². The minimum absolute atomic E-state index is 0.651. The van der Waals surface area contributed by atoms with E-state index in [0.717, 1.165) is 42.7 Å². The van der Waals surface area contributed by atoms with Crippen LogP contribution in [0.3, 0.4) is 0 Å². The Bertz CT molecular complexity index is 390. The second kappa shape index (κ2) is 7.24. The molecule has 0 spiro atoms. The third-order valence-electron chi connectivity index (χ3n) is 3.52. The Balaban J connectivity index is 1.92. The number of anilines is 1. The third-order valence-corrected chi connectivity index (χ3v) is 3.52. The van der Waals surface area contributed by atoms with Crippen molar-refractivity contribution in [2.75, 3.05) is 38.7 Å². The number of piperidine rings is 1. The highest BCUT2D eigenvalue weighted by atomic mass is 16.5. The lowest BCUT2D eigenvalue weighted by molar-refractivity contribution is 0.311. The van der Waals surface area contributed by atoms with Crippen molar-refractivity contribution in [2.45, 2.75) is 19.8 Å². The smallest absolute Gasteiger partial charge is 0.162 e. The monoisotopic (exact) mass is 264 g/mol.